The van der Waals surface area contributed by atoms with E-state index in [0.29, 0.717) is 13.8 Å². The van der Waals surface area contributed by atoms with E-state index >= 15 is 0 Å². The summed E-state index contributed by atoms with van der Waals surface area (Å²) in [7, 11) is -4.31. The number of amides is 1. The van der Waals surface area contributed by atoms with Gasteiger partial charge in [-0.3, -0.25) is 9.62 Å². The lowest BCUT2D eigenvalue weighted by Crippen LogP contribution is -2.48. The van der Waals surface area contributed by atoms with Crippen molar-refractivity contribution in [3.8, 4) is 5.75 Å². The number of carbonyl (C=O) groups excluding carboxylic acids is 1. The summed E-state index contributed by atoms with van der Waals surface area (Å²) in [6.07, 6.45) is -6.23. The molecule has 1 aliphatic rings. The Morgan fingerprint density at radius 1 is 1.21 bits per heavy atom. The number of hydrogen-bond donors (Lipinski definition) is 2. The third-order valence-corrected chi connectivity index (χ3v) is 6.70. The second kappa shape index (κ2) is 8.71. The second-order valence-corrected chi connectivity index (χ2v) is 9.42. The summed E-state index contributed by atoms with van der Waals surface area (Å²) in [4.78, 5) is 11.8. The van der Waals surface area contributed by atoms with Crippen LogP contribution in [-0.4, -0.2) is 50.7 Å². The number of alkyl halides is 3. The molecule has 180 valence electrons. The van der Waals surface area contributed by atoms with Gasteiger partial charge in [0.25, 0.3) is 10.0 Å². The van der Waals surface area contributed by atoms with E-state index in [1.54, 1.807) is 0 Å². The van der Waals surface area contributed by atoms with Crippen molar-refractivity contribution in [3.63, 3.8) is 0 Å². The van der Waals surface area contributed by atoms with Crippen molar-refractivity contribution in [3.05, 3.63) is 48.3 Å². The second-order valence-electron chi connectivity index (χ2n) is 7.61. The highest BCUT2D eigenvalue weighted by Crippen LogP contribution is 2.40. The first-order chi connectivity index (χ1) is 15.3. The summed E-state index contributed by atoms with van der Waals surface area (Å²) in [6.45, 7) is 0.532. The average Bonchev–Trinajstić information content (AvgIpc) is 2.71. The van der Waals surface area contributed by atoms with E-state index in [0.717, 1.165) is 34.6 Å². The number of nitrogens with one attached hydrogen (secondary N) is 1. The molecule has 0 fully saturated rings. The number of sulfonamides is 1. The van der Waals surface area contributed by atoms with Crippen LogP contribution in [0, 0.1) is 5.82 Å². The highest BCUT2D eigenvalue weighted by molar-refractivity contribution is 7.92. The van der Waals surface area contributed by atoms with Crippen LogP contribution < -0.4 is 14.4 Å². The fraction of sp³-hybridized carbons (Fsp3) is 0.350. The molecule has 0 radical (unpaired) electrons. The minimum absolute atomic E-state index is 0.0833. The molecule has 3 rings (SSSR count). The Hall–Kier alpha value is -3.06. The number of hydrogen-bond acceptors (Lipinski definition) is 6. The first kappa shape index (κ1) is 24.6. The van der Waals surface area contributed by atoms with Crippen LogP contribution in [0.25, 0.3) is 0 Å². The van der Waals surface area contributed by atoms with Crippen LogP contribution in [0.1, 0.15) is 13.8 Å². The third kappa shape index (κ3) is 4.98. The largest absolute Gasteiger partial charge is 0.489 e. The van der Waals surface area contributed by atoms with E-state index in [1.165, 1.54) is 12.1 Å². The highest BCUT2D eigenvalue weighted by Gasteiger charge is 2.51. The van der Waals surface area contributed by atoms with Crippen LogP contribution in [0.2, 0.25) is 0 Å². The van der Waals surface area contributed by atoms with E-state index in [9.17, 15) is 35.9 Å². The lowest BCUT2D eigenvalue weighted by molar-refractivity contribution is -0.242. The maximum absolute atomic E-state index is 13.3. The van der Waals surface area contributed by atoms with Crippen molar-refractivity contribution in [1.82, 2.24) is 0 Å². The number of anilines is 2. The van der Waals surface area contributed by atoms with Gasteiger partial charge in [-0.15, -0.1) is 0 Å². The molecule has 0 bridgehead atoms. The van der Waals surface area contributed by atoms with Crippen LogP contribution in [0.4, 0.5) is 33.7 Å². The Morgan fingerprint density at radius 2 is 1.85 bits per heavy atom. The van der Waals surface area contributed by atoms with E-state index in [-0.39, 0.29) is 28.6 Å². The minimum atomic E-state index is -4.82. The molecule has 2 aromatic rings. The monoisotopic (exact) mass is 492 g/mol. The van der Waals surface area contributed by atoms with Crippen LogP contribution in [0.3, 0.4) is 0 Å². The fourth-order valence-electron chi connectivity index (χ4n) is 2.95. The molecule has 0 unspecified atom stereocenters. The maximum Gasteiger partial charge on any atom is 0.427 e. The Labute approximate surface area is 186 Å². The van der Waals surface area contributed by atoms with Gasteiger partial charge in [-0.2, -0.15) is 13.2 Å². The molecule has 1 aliphatic heterocycles. The zero-order valence-electron chi connectivity index (χ0n) is 17.4. The molecule has 2 N–H and O–H groups in total. The third-order valence-electron chi connectivity index (χ3n) is 4.82. The molecule has 33 heavy (non-hydrogen) atoms. The Morgan fingerprint density at radius 3 is 2.42 bits per heavy atom. The number of rotatable bonds is 5. The molecule has 2 aromatic carbocycles. The number of fused-ring (bicyclic) bond motifs is 1. The average molecular weight is 492 g/mol. The number of benzene rings is 2. The summed E-state index contributed by atoms with van der Waals surface area (Å²) in [6, 6.07) is 6.69. The summed E-state index contributed by atoms with van der Waals surface area (Å²) in [5, 5.41) is 11.8. The molecule has 0 aromatic heterocycles. The smallest absolute Gasteiger partial charge is 0.427 e. The first-order valence-electron chi connectivity index (χ1n) is 9.51. The normalized spacial score (nSPS) is 16.6. The Bertz CT molecular complexity index is 1140. The van der Waals surface area contributed by atoms with Crippen molar-refractivity contribution in [2.24, 2.45) is 0 Å². The summed E-state index contributed by atoms with van der Waals surface area (Å²) < 4.78 is 89.5. The minimum Gasteiger partial charge on any atom is -0.489 e. The molecule has 8 nitrogen and oxygen atoms in total. The van der Waals surface area contributed by atoms with Gasteiger partial charge in [0.15, 0.2) is 0 Å². The predicted molar refractivity (Wildman–Crippen MR) is 109 cm³/mol. The van der Waals surface area contributed by atoms with Crippen molar-refractivity contribution in [1.29, 1.82) is 0 Å². The summed E-state index contributed by atoms with van der Waals surface area (Å²) >= 11 is 0. The molecular weight excluding hydrogens is 472 g/mol. The number of nitrogens with zero attached hydrogens (tertiary/aromatic N) is 1. The SMILES string of the molecule is CC(C)(OC(=O)Nc1ccc2c(c1)N(S(=O)(=O)c1ccc(F)cc1)[C@@H](CO)CO2)C(F)(F)F. The standard InChI is InChI=1S/C20H20F4N2O6S/c1-19(2,20(22,23)24)32-18(28)25-13-5-8-17-16(9-13)26(14(10-27)11-31-17)33(29,30)15-6-3-12(21)4-7-15/h3-9,14,27H,10-11H2,1-2H3,(H,25,28)/t14-/m0/s1. The molecular formula is C20H20F4N2O6S. The van der Waals surface area contributed by atoms with Gasteiger partial charge in [0.05, 0.1) is 17.2 Å². The van der Waals surface area contributed by atoms with E-state index in [1.807, 2.05) is 0 Å². The van der Waals surface area contributed by atoms with Crippen LogP contribution in [-0.2, 0) is 14.8 Å². The summed E-state index contributed by atoms with van der Waals surface area (Å²) in [5.74, 6) is -0.568. The number of aliphatic hydroxyl groups is 1. The highest BCUT2D eigenvalue weighted by atomic mass is 32.2. The zero-order chi connectivity index (χ0) is 24.6. The van der Waals surface area contributed by atoms with Crippen molar-refractivity contribution < 1.29 is 45.4 Å². The predicted octanol–water partition coefficient (Wildman–Crippen LogP) is 3.66. The van der Waals surface area contributed by atoms with Crippen molar-refractivity contribution in [2.45, 2.75) is 36.6 Å². The van der Waals surface area contributed by atoms with E-state index in [2.05, 4.69) is 10.1 Å². The van der Waals surface area contributed by atoms with E-state index in [4.69, 9.17) is 4.74 Å². The van der Waals surface area contributed by atoms with Gasteiger partial charge in [0.2, 0.25) is 5.60 Å². The lowest BCUT2D eigenvalue weighted by atomic mass is 10.1. The van der Waals surface area contributed by atoms with Crippen molar-refractivity contribution >= 4 is 27.5 Å². The topological polar surface area (TPSA) is 105 Å². The molecule has 0 spiro atoms. The van der Waals surface area contributed by atoms with Gasteiger partial charge in [-0.1, -0.05) is 0 Å². The number of ether oxygens (including phenoxy) is 2. The van der Waals surface area contributed by atoms with Gasteiger partial charge >= 0.3 is 12.3 Å². The zero-order valence-corrected chi connectivity index (χ0v) is 18.2. The maximum atomic E-state index is 13.3. The summed E-state index contributed by atoms with van der Waals surface area (Å²) in [5.41, 5.74) is -2.94. The van der Waals surface area contributed by atoms with Gasteiger partial charge in [0.1, 0.15) is 24.2 Å². The Kier molecular flexibility index (Phi) is 6.48. The van der Waals surface area contributed by atoms with Crippen molar-refractivity contribution in [2.75, 3.05) is 22.8 Å². The van der Waals surface area contributed by atoms with Gasteiger partial charge in [-0.05, 0) is 56.3 Å². The quantitative estimate of drug-likeness (QED) is 0.618. The molecule has 0 saturated carbocycles. The molecule has 1 atom stereocenters. The van der Waals surface area contributed by atoms with E-state index < -0.39 is 46.4 Å². The number of carbonyl (C=O) groups is 1. The molecule has 0 saturated heterocycles. The van der Waals surface area contributed by atoms with Gasteiger partial charge in [0, 0.05) is 5.69 Å². The van der Waals surface area contributed by atoms with Gasteiger partial charge < -0.3 is 14.6 Å². The first-order valence-corrected chi connectivity index (χ1v) is 10.9. The number of halogens is 4. The fourth-order valence-corrected chi connectivity index (χ4v) is 4.57. The van der Waals surface area contributed by atoms with Crippen LogP contribution in [0.15, 0.2) is 47.4 Å². The van der Waals surface area contributed by atoms with Crippen LogP contribution in [0.5, 0.6) is 5.75 Å². The number of aliphatic hydroxyl groups excluding tert-OH is 1. The molecule has 1 heterocycles. The lowest BCUT2D eigenvalue weighted by Gasteiger charge is -2.36. The Balaban J connectivity index is 1.96. The molecule has 13 heteroatoms. The molecule has 0 aliphatic carbocycles. The van der Waals surface area contributed by atoms with Gasteiger partial charge in [-0.25, -0.2) is 17.6 Å². The molecule has 1 amide bonds. The van der Waals surface area contributed by atoms with Crippen LogP contribution >= 0.6 is 0 Å².